The SMILES string of the molecule is CNC(=O)C(C)(C)CNS(=O)(=O)c1ccc(CC(=O)O)s1. The molecule has 9 heteroatoms. The van der Waals surface area contributed by atoms with E-state index in [0.717, 1.165) is 11.3 Å². The number of hydrogen-bond donors (Lipinski definition) is 3. The molecule has 1 aromatic rings. The van der Waals surface area contributed by atoms with E-state index in [1.165, 1.54) is 19.2 Å². The van der Waals surface area contributed by atoms with Gasteiger partial charge in [0.05, 0.1) is 11.8 Å². The maximum atomic E-state index is 12.1. The van der Waals surface area contributed by atoms with Gasteiger partial charge in [-0.05, 0) is 26.0 Å². The van der Waals surface area contributed by atoms with Crippen molar-refractivity contribution in [3.05, 3.63) is 17.0 Å². The Bertz CT molecular complexity index is 634. The maximum absolute atomic E-state index is 12.1. The molecule has 1 aromatic heterocycles. The molecule has 1 amide bonds. The van der Waals surface area contributed by atoms with E-state index in [0.29, 0.717) is 4.88 Å². The predicted octanol–water partition coefficient (Wildman–Crippen LogP) is 0.426. The molecule has 0 unspecified atom stereocenters. The number of amides is 1. The van der Waals surface area contributed by atoms with Crippen LogP contribution in [0.5, 0.6) is 0 Å². The molecule has 0 aliphatic heterocycles. The number of carbonyl (C=O) groups excluding carboxylic acids is 1. The summed E-state index contributed by atoms with van der Waals surface area (Å²) in [6.45, 7) is 3.19. The van der Waals surface area contributed by atoms with Crippen LogP contribution in [0.3, 0.4) is 0 Å². The molecule has 1 rings (SSSR count). The average Bonchev–Trinajstić information content (AvgIpc) is 2.84. The normalized spacial score (nSPS) is 12.1. The van der Waals surface area contributed by atoms with Gasteiger partial charge in [0.1, 0.15) is 4.21 Å². The van der Waals surface area contributed by atoms with Gasteiger partial charge in [0, 0.05) is 18.5 Å². The van der Waals surface area contributed by atoms with Crippen LogP contribution in [-0.4, -0.2) is 39.0 Å². The standard InChI is InChI=1S/C12H18N2O5S2/c1-12(2,11(17)13-3)7-14-21(18,19)10-5-4-8(20-10)6-9(15)16/h4-5,14H,6-7H2,1-3H3,(H,13,17)(H,15,16). The summed E-state index contributed by atoms with van der Waals surface area (Å²) in [6, 6.07) is 2.83. The predicted molar refractivity (Wildman–Crippen MR) is 78.7 cm³/mol. The van der Waals surface area contributed by atoms with Crippen LogP contribution in [0, 0.1) is 5.41 Å². The summed E-state index contributed by atoms with van der Waals surface area (Å²) in [7, 11) is -2.27. The highest BCUT2D eigenvalue weighted by Crippen LogP contribution is 2.23. The number of carboxylic acids is 1. The Labute approximate surface area is 127 Å². The number of hydrogen-bond acceptors (Lipinski definition) is 5. The van der Waals surface area contributed by atoms with Gasteiger partial charge in [-0.15, -0.1) is 11.3 Å². The number of nitrogens with one attached hydrogen (secondary N) is 2. The summed E-state index contributed by atoms with van der Waals surface area (Å²) in [5, 5.41) is 11.1. The monoisotopic (exact) mass is 334 g/mol. The summed E-state index contributed by atoms with van der Waals surface area (Å²) < 4.78 is 26.6. The maximum Gasteiger partial charge on any atom is 0.308 e. The van der Waals surface area contributed by atoms with Crippen molar-refractivity contribution in [1.82, 2.24) is 10.0 Å². The van der Waals surface area contributed by atoms with Gasteiger partial charge < -0.3 is 10.4 Å². The van der Waals surface area contributed by atoms with Crippen LogP contribution < -0.4 is 10.0 Å². The smallest absolute Gasteiger partial charge is 0.308 e. The molecule has 0 fully saturated rings. The molecule has 0 saturated carbocycles. The fourth-order valence-electron chi connectivity index (χ4n) is 1.51. The van der Waals surface area contributed by atoms with Crippen molar-refractivity contribution in [1.29, 1.82) is 0 Å². The van der Waals surface area contributed by atoms with Gasteiger partial charge in [-0.1, -0.05) is 0 Å². The summed E-state index contributed by atoms with van der Waals surface area (Å²) in [6.07, 6.45) is -0.218. The number of rotatable bonds is 7. The number of carbonyl (C=O) groups is 2. The lowest BCUT2D eigenvalue weighted by atomic mass is 9.93. The average molecular weight is 334 g/mol. The minimum atomic E-state index is -3.75. The van der Waals surface area contributed by atoms with Crippen molar-refractivity contribution in [2.75, 3.05) is 13.6 Å². The van der Waals surface area contributed by atoms with Crippen molar-refractivity contribution >= 4 is 33.2 Å². The molecule has 0 atom stereocenters. The van der Waals surface area contributed by atoms with Gasteiger partial charge >= 0.3 is 5.97 Å². The van der Waals surface area contributed by atoms with Gasteiger partial charge in [-0.3, -0.25) is 9.59 Å². The minimum Gasteiger partial charge on any atom is -0.481 e. The van der Waals surface area contributed by atoms with Gasteiger partial charge in [0.25, 0.3) is 0 Å². The van der Waals surface area contributed by atoms with E-state index < -0.39 is 21.4 Å². The van der Waals surface area contributed by atoms with Crippen molar-refractivity contribution in [2.45, 2.75) is 24.5 Å². The zero-order valence-electron chi connectivity index (χ0n) is 12.0. The van der Waals surface area contributed by atoms with E-state index in [1.54, 1.807) is 13.8 Å². The number of carboxylic acid groups (broad SMARTS) is 1. The highest BCUT2D eigenvalue weighted by atomic mass is 32.2. The molecule has 7 nitrogen and oxygen atoms in total. The number of sulfonamides is 1. The van der Waals surface area contributed by atoms with E-state index in [9.17, 15) is 18.0 Å². The van der Waals surface area contributed by atoms with Crippen molar-refractivity contribution < 1.29 is 23.1 Å². The first kappa shape index (κ1) is 17.6. The van der Waals surface area contributed by atoms with Crippen LogP contribution >= 0.6 is 11.3 Å². The molecule has 0 saturated heterocycles. The van der Waals surface area contributed by atoms with Crippen LogP contribution in [0.1, 0.15) is 18.7 Å². The first-order valence-electron chi connectivity index (χ1n) is 6.11. The fraction of sp³-hybridized carbons (Fsp3) is 0.500. The third-order valence-electron chi connectivity index (χ3n) is 2.77. The second-order valence-electron chi connectivity index (χ2n) is 5.08. The van der Waals surface area contributed by atoms with Crippen LogP contribution in [0.15, 0.2) is 16.3 Å². The molecule has 21 heavy (non-hydrogen) atoms. The second kappa shape index (κ2) is 6.54. The van der Waals surface area contributed by atoms with Crippen molar-refractivity contribution in [2.24, 2.45) is 5.41 Å². The largest absolute Gasteiger partial charge is 0.481 e. The quantitative estimate of drug-likeness (QED) is 0.669. The molecule has 0 aliphatic rings. The number of thiophene rings is 1. The third kappa shape index (κ3) is 4.80. The van der Waals surface area contributed by atoms with Gasteiger partial charge in [0.15, 0.2) is 0 Å². The minimum absolute atomic E-state index is 0.0338. The van der Waals surface area contributed by atoms with Crippen molar-refractivity contribution in [3.63, 3.8) is 0 Å². The van der Waals surface area contributed by atoms with E-state index >= 15 is 0 Å². The molecule has 0 spiro atoms. The van der Waals surface area contributed by atoms with Gasteiger partial charge in [-0.2, -0.15) is 0 Å². The fourth-order valence-corrected chi connectivity index (χ4v) is 4.12. The van der Waals surface area contributed by atoms with Gasteiger partial charge in [-0.25, -0.2) is 13.1 Å². The lowest BCUT2D eigenvalue weighted by Gasteiger charge is -2.22. The molecule has 3 N–H and O–H groups in total. The molecular weight excluding hydrogens is 316 g/mol. The van der Waals surface area contributed by atoms with Crippen molar-refractivity contribution in [3.8, 4) is 0 Å². The Kier molecular flexibility index (Phi) is 5.48. The van der Waals surface area contributed by atoms with Crippen LogP contribution in [0.2, 0.25) is 0 Å². The summed E-state index contributed by atoms with van der Waals surface area (Å²) in [5.41, 5.74) is -0.886. The summed E-state index contributed by atoms with van der Waals surface area (Å²) >= 11 is 0.901. The second-order valence-corrected chi connectivity index (χ2v) is 8.24. The molecule has 0 bridgehead atoms. The van der Waals surface area contributed by atoms with E-state index in [2.05, 4.69) is 10.0 Å². The molecule has 0 aliphatic carbocycles. The van der Waals surface area contributed by atoms with Crippen LogP contribution in [0.4, 0.5) is 0 Å². The lowest BCUT2D eigenvalue weighted by Crippen LogP contribution is -2.43. The van der Waals surface area contributed by atoms with Crippen LogP contribution in [0.25, 0.3) is 0 Å². The van der Waals surface area contributed by atoms with E-state index in [4.69, 9.17) is 5.11 Å². The molecule has 118 valence electrons. The molecule has 0 aromatic carbocycles. The van der Waals surface area contributed by atoms with Gasteiger partial charge in [0.2, 0.25) is 15.9 Å². The highest BCUT2D eigenvalue weighted by molar-refractivity contribution is 7.91. The zero-order chi connectivity index (χ0) is 16.3. The Balaban J connectivity index is 2.80. The zero-order valence-corrected chi connectivity index (χ0v) is 13.6. The lowest BCUT2D eigenvalue weighted by molar-refractivity contribution is -0.136. The van der Waals surface area contributed by atoms with E-state index in [1.807, 2.05) is 0 Å². The Hall–Kier alpha value is -1.45. The van der Waals surface area contributed by atoms with E-state index in [-0.39, 0.29) is 23.1 Å². The Morgan fingerprint density at radius 2 is 1.95 bits per heavy atom. The number of aliphatic carboxylic acids is 1. The molecule has 1 heterocycles. The summed E-state index contributed by atoms with van der Waals surface area (Å²) in [5.74, 6) is -1.29. The first-order valence-corrected chi connectivity index (χ1v) is 8.41. The first-order chi connectivity index (χ1) is 9.58. The Morgan fingerprint density at radius 3 is 2.48 bits per heavy atom. The molecule has 0 radical (unpaired) electrons. The molecular formula is C12H18N2O5S2. The van der Waals surface area contributed by atoms with Crippen LogP contribution in [-0.2, 0) is 26.0 Å². The highest BCUT2D eigenvalue weighted by Gasteiger charge is 2.29. The Morgan fingerprint density at radius 1 is 1.33 bits per heavy atom. The topological polar surface area (TPSA) is 113 Å². The third-order valence-corrected chi connectivity index (χ3v) is 5.75. The summed E-state index contributed by atoms with van der Waals surface area (Å²) in [4.78, 5) is 22.6.